The molecule has 3 saturated carbocycles. The van der Waals surface area contributed by atoms with Gasteiger partial charge in [0.15, 0.2) is 0 Å². The molecule has 0 spiro atoms. The van der Waals surface area contributed by atoms with E-state index in [-0.39, 0.29) is 40.4 Å². The number of aliphatic hydroxyl groups excluding tert-OH is 1. The van der Waals surface area contributed by atoms with Gasteiger partial charge in [-0.05, 0) is 68.6 Å². The zero-order chi connectivity index (χ0) is 24.1. The molecule has 5 rings (SSSR count). The average Bonchev–Trinajstić information content (AvgIpc) is 3.47. The van der Waals surface area contributed by atoms with Crippen LogP contribution in [0, 0.1) is 17.2 Å². The fourth-order valence-corrected chi connectivity index (χ4v) is 6.55. The first-order valence-corrected chi connectivity index (χ1v) is 12.3. The van der Waals surface area contributed by atoms with Gasteiger partial charge in [-0.2, -0.15) is 0 Å². The van der Waals surface area contributed by atoms with Gasteiger partial charge in [-0.25, -0.2) is 18.7 Å². The zero-order valence-corrected chi connectivity index (χ0v) is 19.9. The van der Waals surface area contributed by atoms with Gasteiger partial charge in [-0.1, -0.05) is 23.2 Å². The number of anilines is 1. The van der Waals surface area contributed by atoms with Crippen LogP contribution in [0.1, 0.15) is 56.6 Å². The molecule has 1 aromatic carbocycles. The van der Waals surface area contributed by atoms with Crippen LogP contribution in [0.2, 0.25) is 10.0 Å². The Labute approximate surface area is 206 Å². The predicted octanol–water partition coefficient (Wildman–Crippen LogP) is 5.00. The molecule has 2 aromatic rings. The summed E-state index contributed by atoms with van der Waals surface area (Å²) in [7, 11) is 0. The summed E-state index contributed by atoms with van der Waals surface area (Å²) < 4.78 is 30.2. The minimum Gasteiger partial charge on any atom is -0.391 e. The van der Waals surface area contributed by atoms with Crippen LogP contribution >= 0.6 is 23.2 Å². The molecular weight excluding hydrogens is 485 g/mol. The number of aromatic nitrogens is 2. The summed E-state index contributed by atoms with van der Waals surface area (Å²) in [6.45, 7) is 0. The highest BCUT2D eigenvalue weighted by atomic mass is 35.5. The van der Waals surface area contributed by atoms with Crippen molar-refractivity contribution >= 4 is 34.9 Å². The summed E-state index contributed by atoms with van der Waals surface area (Å²) in [5.41, 5.74) is -1.81. The van der Waals surface area contributed by atoms with Crippen LogP contribution in [0.4, 0.5) is 14.6 Å². The van der Waals surface area contributed by atoms with E-state index < -0.39 is 35.0 Å². The van der Waals surface area contributed by atoms with Crippen LogP contribution in [0.15, 0.2) is 30.7 Å². The molecule has 1 amide bonds. The van der Waals surface area contributed by atoms with Crippen LogP contribution in [-0.2, 0) is 4.79 Å². The standard InChI is InChI=1S/C24H26Cl2F2N4O2/c25-14-1-2-15(27)19(20(14)26)21(23-4-6-24(28,11-23)7-5-23)32-22(34)13-9-16(17(33)10-13)31-18-3-8-29-12-30-18/h1-3,8,12-13,16-17,21,33H,4-7,9-11H2,(H,32,34)(H,29,30,31)/t13-,16-,17+,21+,23?,24?/m0/s1. The maximum absolute atomic E-state index is 15.1. The normalized spacial score (nSPS) is 33.1. The van der Waals surface area contributed by atoms with Gasteiger partial charge in [0.1, 0.15) is 23.6 Å². The maximum atomic E-state index is 15.1. The third kappa shape index (κ3) is 4.25. The number of rotatable bonds is 6. The van der Waals surface area contributed by atoms with E-state index in [1.54, 1.807) is 12.3 Å². The number of carbonyl (C=O) groups is 1. The van der Waals surface area contributed by atoms with E-state index in [0.717, 1.165) is 0 Å². The number of nitrogens with zero attached hydrogens (tertiary/aromatic N) is 2. The lowest BCUT2D eigenvalue weighted by Gasteiger charge is -2.38. The largest absolute Gasteiger partial charge is 0.391 e. The first-order valence-electron chi connectivity index (χ1n) is 11.5. The van der Waals surface area contributed by atoms with E-state index in [9.17, 15) is 9.90 Å². The molecule has 4 atom stereocenters. The highest BCUT2D eigenvalue weighted by Gasteiger charge is 2.59. The van der Waals surface area contributed by atoms with Crippen molar-refractivity contribution in [3.8, 4) is 0 Å². The fraction of sp³-hybridized carbons (Fsp3) is 0.542. The molecule has 34 heavy (non-hydrogen) atoms. The van der Waals surface area contributed by atoms with Gasteiger partial charge in [0, 0.05) is 17.7 Å². The second-order valence-corrected chi connectivity index (χ2v) is 10.8. The van der Waals surface area contributed by atoms with E-state index in [0.29, 0.717) is 37.9 Å². The Balaban J connectivity index is 1.39. The molecule has 1 heterocycles. The van der Waals surface area contributed by atoms with Gasteiger partial charge in [-0.3, -0.25) is 4.79 Å². The topological polar surface area (TPSA) is 87.1 Å². The molecule has 0 saturated heterocycles. The van der Waals surface area contributed by atoms with Crippen molar-refractivity contribution in [3.05, 3.63) is 52.1 Å². The van der Waals surface area contributed by atoms with Crippen LogP contribution in [0.3, 0.4) is 0 Å². The Kier molecular flexibility index (Phi) is 6.19. The van der Waals surface area contributed by atoms with Gasteiger partial charge in [0.2, 0.25) is 5.91 Å². The third-order valence-corrected chi connectivity index (χ3v) is 8.71. The SMILES string of the molecule is O=C(N[C@H](c1c(F)ccc(Cl)c1Cl)C12CCC(F)(CC1)C2)[C@@H]1C[C@@H](O)[C@@H](Nc2ccncn2)C1. The zero-order valence-electron chi connectivity index (χ0n) is 18.4. The first kappa shape index (κ1) is 23.7. The van der Waals surface area contributed by atoms with Crippen molar-refractivity contribution in [2.24, 2.45) is 11.3 Å². The van der Waals surface area contributed by atoms with E-state index in [2.05, 4.69) is 20.6 Å². The Morgan fingerprint density at radius 1 is 1.18 bits per heavy atom. The lowest BCUT2D eigenvalue weighted by Crippen LogP contribution is -2.42. The molecule has 3 N–H and O–H groups in total. The van der Waals surface area contributed by atoms with Crippen molar-refractivity contribution in [1.82, 2.24) is 15.3 Å². The number of benzene rings is 1. The van der Waals surface area contributed by atoms with E-state index in [1.807, 2.05) is 0 Å². The first-order chi connectivity index (χ1) is 16.2. The fourth-order valence-electron chi connectivity index (χ4n) is 6.12. The Hall–Kier alpha value is -2.03. The van der Waals surface area contributed by atoms with Crippen molar-refractivity contribution in [2.75, 3.05) is 5.32 Å². The minimum atomic E-state index is -1.29. The van der Waals surface area contributed by atoms with Gasteiger partial charge >= 0.3 is 0 Å². The number of amides is 1. The summed E-state index contributed by atoms with van der Waals surface area (Å²) in [6, 6.07) is 3.11. The summed E-state index contributed by atoms with van der Waals surface area (Å²) in [5.74, 6) is -0.843. The Morgan fingerprint density at radius 3 is 2.59 bits per heavy atom. The second kappa shape index (κ2) is 8.88. The molecule has 3 aliphatic carbocycles. The molecule has 10 heteroatoms. The number of nitrogens with one attached hydrogen (secondary N) is 2. The molecule has 0 radical (unpaired) electrons. The number of aliphatic hydroxyl groups is 1. The predicted molar refractivity (Wildman–Crippen MR) is 125 cm³/mol. The highest BCUT2D eigenvalue weighted by Crippen LogP contribution is 2.64. The number of hydrogen-bond acceptors (Lipinski definition) is 5. The molecule has 182 valence electrons. The summed E-state index contributed by atoms with van der Waals surface area (Å²) >= 11 is 12.6. The second-order valence-electron chi connectivity index (χ2n) is 9.97. The van der Waals surface area contributed by atoms with Crippen molar-refractivity contribution in [3.63, 3.8) is 0 Å². The lowest BCUT2D eigenvalue weighted by molar-refractivity contribution is -0.126. The van der Waals surface area contributed by atoms with Gasteiger partial charge in [0.05, 0.1) is 28.2 Å². The molecule has 0 aliphatic heterocycles. The number of hydrogen-bond donors (Lipinski definition) is 3. The summed E-state index contributed by atoms with van der Waals surface area (Å²) in [5, 5.41) is 16.9. The minimum absolute atomic E-state index is 0.0411. The highest BCUT2D eigenvalue weighted by molar-refractivity contribution is 6.42. The van der Waals surface area contributed by atoms with Crippen molar-refractivity contribution < 1.29 is 18.7 Å². The van der Waals surface area contributed by atoms with Crippen LogP contribution in [-0.4, -0.2) is 38.8 Å². The quantitative estimate of drug-likeness (QED) is 0.475. The molecule has 0 unspecified atom stereocenters. The number of carbonyl (C=O) groups excluding carboxylic acids is 1. The number of fused-ring (bicyclic) bond motifs is 2. The summed E-state index contributed by atoms with van der Waals surface area (Å²) in [4.78, 5) is 21.4. The van der Waals surface area contributed by atoms with Gasteiger partial charge < -0.3 is 15.7 Å². The molecule has 2 bridgehead atoms. The molecule has 3 aliphatic rings. The van der Waals surface area contributed by atoms with Crippen LogP contribution < -0.4 is 10.6 Å². The summed E-state index contributed by atoms with van der Waals surface area (Å²) in [6.07, 6.45) is 4.91. The smallest absolute Gasteiger partial charge is 0.223 e. The molecule has 1 aromatic heterocycles. The van der Waals surface area contributed by atoms with E-state index in [1.165, 1.54) is 18.5 Å². The van der Waals surface area contributed by atoms with E-state index in [4.69, 9.17) is 23.2 Å². The van der Waals surface area contributed by atoms with Gasteiger partial charge in [-0.15, -0.1) is 0 Å². The van der Waals surface area contributed by atoms with Crippen molar-refractivity contribution in [2.45, 2.75) is 68.8 Å². The van der Waals surface area contributed by atoms with Gasteiger partial charge in [0.25, 0.3) is 0 Å². The third-order valence-electron chi connectivity index (χ3n) is 7.89. The number of halogens is 4. The van der Waals surface area contributed by atoms with E-state index >= 15 is 8.78 Å². The number of alkyl halides is 1. The average molecular weight is 511 g/mol. The molecular formula is C24H26Cl2F2N4O2. The lowest BCUT2D eigenvalue weighted by atomic mass is 9.74. The Morgan fingerprint density at radius 2 is 1.94 bits per heavy atom. The monoisotopic (exact) mass is 510 g/mol. The molecule has 6 nitrogen and oxygen atoms in total. The Bertz CT molecular complexity index is 1080. The maximum Gasteiger partial charge on any atom is 0.223 e. The molecule has 3 fully saturated rings. The van der Waals surface area contributed by atoms with Crippen molar-refractivity contribution in [1.29, 1.82) is 0 Å². The van der Waals surface area contributed by atoms with Crippen LogP contribution in [0.5, 0.6) is 0 Å². The van der Waals surface area contributed by atoms with Crippen LogP contribution in [0.25, 0.3) is 0 Å².